The summed E-state index contributed by atoms with van der Waals surface area (Å²) in [6, 6.07) is 1.97. The highest BCUT2D eigenvalue weighted by molar-refractivity contribution is 7.91. The highest BCUT2D eigenvalue weighted by Gasteiger charge is 2.37. The van der Waals surface area contributed by atoms with E-state index < -0.39 is 53.5 Å². The largest absolute Gasteiger partial charge is 0.507 e. The predicted molar refractivity (Wildman–Crippen MR) is 131 cm³/mol. The molecule has 0 fully saturated rings. The zero-order chi connectivity index (χ0) is 26.6. The maximum Gasteiger partial charge on any atom is 0.178 e. The van der Waals surface area contributed by atoms with Crippen LogP contribution in [0.1, 0.15) is 66.5 Å². The molecule has 0 unspecified atom stereocenters. The van der Waals surface area contributed by atoms with Gasteiger partial charge in [-0.2, -0.15) is 0 Å². The summed E-state index contributed by atoms with van der Waals surface area (Å²) in [5.74, 6) is -3.18. The summed E-state index contributed by atoms with van der Waals surface area (Å²) in [6.45, 7) is 12.9. The molecule has 0 amide bonds. The number of hydrogen-bond donors (Lipinski definition) is 4. The molecule has 0 saturated heterocycles. The molecule has 0 aromatic heterocycles. The molecule has 0 saturated carbocycles. The van der Waals surface area contributed by atoms with Crippen LogP contribution in [0.2, 0.25) is 0 Å². The fourth-order valence-electron chi connectivity index (χ4n) is 4.01. The Morgan fingerprint density at radius 2 is 0.882 bits per heavy atom. The summed E-state index contributed by atoms with van der Waals surface area (Å²) in [6.07, 6.45) is 0. The Morgan fingerprint density at radius 3 is 1.09 bits per heavy atom. The van der Waals surface area contributed by atoms with Crippen LogP contribution in [0.4, 0.5) is 0 Å². The van der Waals surface area contributed by atoms with Crippen molar-refractivity contribution in [2.75, 3.05) is 11.5 Å². The molecule has 0 spiro atoms. The van der Waals surface area contributed by atoms with Gasteiger partial charge in [-0.05, 0) is 23.0 Å². The summed E-state index contributed by atoms with van der Waals surface area (Å²) in [7, 11) is -7.72. The molecule has 0 bridgehead atoms. The van der Waals surface area contributed by atoms with Gasteiger partial charge in [0.2, 0.25) is 0 Å². The topological polar surface area (TPSA) is 149 Å². The zero-order valence-corrected chi connectivity index (χ0v) is 22.4. The second kappa shape index (κ2) is 8.64. The van der Waals surface area contributed by atoms with E-state index in [-0.39, 0.29) is 43.6 Å². The monoisotopic (exact) mass is 514 g/mol. The normalized spacial score (nSPS) is 13.3. The molecular weight excluding hydrogens is 480 g/mol. The van der Waals surface area contributed by atoms with Crippen molar-refractivity contribution in [3.8, 4) is 34.1 Å². The van der Waals surface area contributed by atoms with Crippen molar-refractivity contribution >= 4 is 19.7 Å². The van der Waals surface area contributed by atoms with Gasteiger partial charge in [-0.1, -0.05) is 55.4 Å². The molecular formula is C24H34O8S2. The van der Waals surface area contributed by atoms with Gasteiger partial charge in [-0.25, -0.2) is 16.8 Å². The van der Waals surface area contributed by atoms with Crippen LogP contribution in [0, 0.1) is 0 Å². The number of aromatic hydroxyl groups is 4. The molecule has 4 N–H and O–H groups in total. The standard InChI is InChI=1S/C24H34O8S2/c1-9-33(29,30)15-11-13(25)17(21(27)19(15)23(3,4)5)18-14(26)12-16(34(31,32)10-2)20(22(18)28)24(6,7)8/h11-12,25-28H,9-10H2,1-8H3. The average Bonchev–Trinajstić information content (AvgIpc) is 2.66. The molecule has 0 atom stereocenters. The van der Waals surface area contributed by atoms with Crippen LogP contribution < -0.4 is 0 Å². The molecule has 10 heteroatoms. The van der Waals surface area contributed by atoms with Crippen LogP contribution in [0.15, 0.2) is 21.9 Å². The van der Waals surface area contributed by atoms with E-state index in [2.05, 4.69) is 0 Å². The molecule has 8 nitrogen and oxygen atoms in total. The summed E-state index contributed by atoms with van der Waals surface area (Å²) in [5.41, 5.74) is -2.59. The van der Waals surface area contributed by atoms with Crippen LogP contribution in [-0.4, -0.2) is 48.8 Å². The number of sulfone groups is 2. The van der Waals surface area contributed by atoms with Gasteiger partial charge in [-0.3, -0.25) is 0 Å². The fraction of sp³-hybridized carbons (Fsp3) is 0.500. The lowest BCUT2D eigenvalue weighted by Crippen LogP contribution is -2.19. The van der Waals surface area contributed by atoms with Crippen molar-refractivity contribution in [3.05, 3.63) is 23.3 Å². The maximum absolute atomic E-state index is 12.7. The second-order valence-electron chi connectivity index (χ2n) is 10.3. The highest BCUT2D eigenvalue weighted by atomic mass is 32.2. The predicted octanol–water partition coefficient (Wildman–Crippen LogP) is 4.36. The molecule has 0 aliphatic rings. The maximum atomic E-state index is 12.7. The van der Waals surface area contributed by atoms with Gasteiger partial charge < -0.3 is 20.4 Å². The van der Waals surface area contributed by atoms with Gasteiger partial charge in [0.05, 0.1) is 32.4 Å². The van der Waals surface area contributed by atoms with Gasteiger partial charge >= 0.3 is 0 Å². The lowest BCUT2D eigenvalue weighted by atomic mass is 9.81. The van der Waals surface area contributed by atoms with Crippen LogP contribution in [0.5, 0.6) is 23.0 Å². The van der Waals surface area contributed by atoms with Crippen molar-refractivity contribution < 1.29 is 37.3 Å². The van der Waals surface area contributed by atoms with Crippen molar-refractivity contribution in [2.45, 2.75) is 76.0 Å². The lowest BCUT2D eigenvalue weighted by Gasteiger charge is -2.28. The Kier molecular flexibility index (Phi) is 7.06. The minimum Gasteiger partial charge on any atom is -0.507 e. The van der Waals surface area contributed by atoms with E-state index in [1.165, 1.54) is 13.8 Å². The number of rotatable bonds is 5. The van der Waals surface area contributed by atoms with E-state index in [9.17, 15) is 37.3 Å². The highest BCUT2D eigenvalue weighted by Crippen LogP contribution is 2.55. The number of hydrogen-bond acceptors (Lipinski definition) is 8. The van der Waals surface area contributed by atoms with Crippen molar-refractivity contribution in [3.63, 3.8) is 0 Å². The Labute approximate surface area is 201 Å². The summed E-state index contributed by atoms with van der Waals surface area (Å²) >= 11 is 0. The van der Waals surface area contributed by atoms with Crippen LogP contribution >= 0.6 is 0 Å². The average molecular weight is 515 g/mol. The minimum atomic E-state index is -3.86. The number of phenols is 4. The van der Waals surface area contributed by atoms with Gasteiger partial charge in [0, 0.05) is 11.1 Å². The SMILES string of the molecule is CCS(=O)(=O)c1cc(O)c(-c2c(O)cc(S(=O)(=O)CC)c(C(C)(C)C)c2O)c(O)c1C(C)(C)C. The molecule has 34 heavy (non-hydrogen) atoms. The van der Waals surface area contributed by atoms with Gasteiger partial charge in [0.25, 0.3) is 0 Å². The minimum absolute atomic E-state index is 0.00325. The first kappa shape index (κ1) is 27.8. The number of benzene rings is 2. The Bertz CT molecular complexity index is 1240. The molecule has 0 aliphatic carbocycles. The van der Waals surface area contributed by atoms with Crippen molar-refractivity contribution in [1.82, 2.24) is 0 Å². The fourth-order valence-corrected chi connectivity index (χ4v) is 6.64. The van der Waals surface area contributed by atoms with Gasteiger partial charge in [0.1, 0.15) is 23.0 Å². The molecule has 2 rings (SSSR count). The third-order valence-electron chi connectivity index (χ3n) is 5.67. The first-order valence-electron chi connectivity index (χ1n) is 10.9. The Hall–Kier alpha value is -2.46. The van der Waals surface area contributed by atoms with Crippen molar-refractivity contribution in [1.29, 1.82) is 0 Å². The van der Waals surface area contributed by atoms with Gasteiger partial charge in [-0.15, -0.1) is 0 Å². The smallest absolute Gasteiger partial charge is 0.178 e. The van der Waals surface area contributed by atoms with Crippen molar-refractivity contribution in [2.24, 2.45) is 0 Å². The van der Waals surface area contributed by atoms with Gasteiger partial charge in [0.15, 0.2) is 19.7 Å². The third-order valence-corrected chi connectivity index (χ3v) is 9.17. The van der Waals surface area contributed by atoms with E-state index in [1.807, 2.05) is 0 Å². The van der Waals surface area contributed by atoms with E-state index in [1.54, 1.807) is 41.5 Å². The first-order chi connectivity index (χ1) is 15.2. The van der Waals surface area contributed by atoms with Crippen LogP contribution in [-0.2, 0) is 30.5 Å². The molecule has 0 heterocycles. The summed E-state index contributed by atoms with van der Waals surface area (Å²) < 4.78 is 51.0. The van der Waals surface area contributed by atoms with Crippen LogP contribution in [0.25, 0.3) is 11.1 Å². The van der Waals surface area contributed by atoms with E-state index in [0.29, 0.717) is 0 Å². The quantitative estimate of drug-likeness (QED) is 0.460. The summed E-state index contributed by atoms with van der Waals surface area (Å²) in [4.78, 5) is -0.525. The molecule has 2 aromatic rings. The zero-order valence-electron chi connectivity index (χ0n) is 20.8. The molecule has 0 aliphatic heterocycles. The van der Waals surface area contributed by atoms with E-state index in [4.69, 9.17) is 0 Å². The number of phenolic OH excluding ortho intramolecular Hbond substituents is 4. The Balaban J connectivity index is 3.19. The molecule has 0 radical (unpaired) electrons. The van der Waals surface area contributed by atoms with E-state index >= 15 is 0 Å². The first-order valence-corrected chi connectivity index (χ1v) is 14.2. The summed E-state index contributed by atoms with van der Waals surface area (Å²) in [5, 5.41) is 44.2. The Morgan fingerprint density at radius 1 is 0.618 bits per heavy atom. The lowest BCUT2D eigenvalue weighted by molar-refractivity contribution is 0.414. The molecule has 2 aromatic carbocycles. The second-order valence-corrected chi connectivity index (χ2v) is 14.8. The third kappa shape index (κ3) is 4.70. The van der Waals surface area contributed by atoms with E-state index in [0.717, 1.165) is 12.1 Å². The molecule has 190 valence electrons. The van der Waals surface area contributed by atoms with Crippen LogP contribution in [0.3, 0.4) is 0 Å².